The van der Waals surface area contributed by atoms with Crippen LogP contribution in [0.2, 0.25) is 0 Å². The van der Waals surface area contributed by atoms with Crippen molar-refractivity contribution in [2.45, 2.75) is 84.0 Å². The molecular weight excluding hydrogens is 624 g/mol. The quantitative estimate of drug-likeness (QED) is 0.0829. The van der Waals surface area contributed by atoms with Gasteiger partial charge in [0, 0.05) is 13.2 Å². The summed E-state index contributed by atoms with van der Waals surface area (Å²) in [5, 5.41) is 5.35. The fraction of sp³-hybridized carbons (Fsp3) is 0.436. The molecule has 4 aromatic rings. The van der Waals surface area contributed by atoms with Crippen molar-refractivity contribution in [1.82, 2.24) is 10.3 Å². The SMILES string of the molecule is CCOC(=O)CO[C@@H](C(=O)OC(C)(C)C)[C@@H](OCCCC=Cc1nc2ccccc2o1)C(=O)NCCCCCc1ccc2ccccc2c1. The van der Waals surface area contributed by atoms with Crippen LogP contribution in [0.1, 0.15) is 71.3 Å². The number of hydrogen-bond acceptors (Lipinski definition) is 9. The second kappa shape index (κ2) is 18.9. The zero-order chi connectivity index (χ0) is 35.1. The van der Waals surface area contributed by atoms with E-state index in [1.165, 1.54) is 16.3 Å². The van der Waals surface area contributed by atoms with Crippen LogP contribution in [0.3, 0.4) is 0 Å². The van der Waals surface area contributed by atoms with Gasteiger partial charge < -0.3 is 28.7 Å². The molecule has 1 amide bonds. The fourth-order valence-electron chi connectivity index (χ4n) is 5.19. The number of benzene rings is 3. The van der Waals surface area contributed by atoms with E-state index in [1.807, 2.05) is 42.5 Å². The number of esters is 2. The Hall–Kier alpha value is -4.54. The molecule has 1 N–H and O–H groups in total. The van der Waals surface area contributed by atoms with E-state index >= 15 is 0 Å². The first-order valence-corrected chi connectivity index (χ1v) is 17.0. The van der Waals surface area contributed by atoms with Gasteiger partial charge in [-0.05, 0) is 94.3 Å². The molecule has 0 radical (unpaired) electrons. The van der Waals surface area contributed by atoms with Gasteiger partial charge in [-0.15, -0.1) is 0 Å². The largest absolute Gasteiger partial charge is 0.464 e. The Balaban J connectivity index is 1.33. The van der Waals surface area contributed by atoms with Gasteiger partial charge in [-0.25, -0.2) is 14.6 Å². The van der Waals surface area contributed by atoms with Crippen LogP contribution in [-0.2, 0) is 39.8 Å². The normalized spacial score (nSPS) is 13.1. The standard InChI is InChI=1S/C39H48N2O8/c1-5-45-34(42)27-47-36(38(44)49-39(2,3)4)35(46-25-15-7-9-21-33-41-31-19-12-13-20-32(31)48-33)37(43)40-24-14-6-8-16-28-22-23-29-17-10-11-18-30(29)26-28/h9-13,17-23,26,35-36H,5-8,14-16,24-25,27H2,1-4H3,(H,40,43)/t35-,36-/m1/s1. The summed E-state index contributed by atoms with van der Waals surface area (Å²) >= 11 is 0. The van der Waals surface area contributed by atoms with Crippen molar-refractivity contribution >= 4 is 45.8 Å². The van der Waals surface area contributed by atoms with Gasteiger partial charge in [-0.1, -0.05) is 67.1 Å². The zero-order valence-electron chi connectivity index (χ0n) is 28.9. The molecule has 10 heteroatoms. The van der Waals surface area contributed by atoms with E-state index in [4.69, 9.17) is 23.4 Å². The lowest BCUT2D eigenvalue weighted by molar-refractivity contribution is -0.185. The molecule has 0 fully saturated rings. The molecule has 49 heavy (non-hydrogen) atoms. The predicted octanol–water partition coefficient (Wildman–Crippen LogP) is 6.98. The van der Waals surface area contributed by atoms with Crippen molar-refractivity contribution < 1.29 is 37.7 Å². The van der Waals surface area contributed by atoms with E-state index < -0.39 is 42.3 Å². The van der Waals surface area contributed by atoms with Gasteiger partial charge in [0.05, 0.1) is 6.61 Å². The van der Waals surface area contributed by atoms with Crippen LogP contribution < -0.4 is 5.32 Å². The average molecular weight is 673 g/mol. The summed E-state index contributed by atoms with van der Waals surface area (Å²) in [4.78, 5) is 43.4. The summed E-state index contributed by atoms with van der Waals surface area (Å²) in [6.07, 6.45) is 5.56. The lowest BCUT2D eigenvalue weighted by Crippen LogP contribution is -2.51. The van der Waals surface area contributed by atoms with Crippen LogP contribution in [0, 0.1) is 0 Å². The van der Waals surface area contributed by atoms with E-state index in [-0.39, 0.29) is 13.2 Å². The van der Waals surface area contributed by atoms with Crippen molar-refractivity contribution in [1.29, 1.82) is 0 Å². The number of aromatic nitrogens is 1. The Labute approximate surface area is 288 Å². The lowest BCUT2D eigenvalue weighted by atomic mass is 10.0. The van der Waals surface area contributed by atoms with Crippen molar-refractivity contribution in [3.63, 3.8) is 0 Å². The minimum absolute atomic E-state index is 0.143. The molecule has 0 saturated carbocycles. The predicted molar refractivity (Wildman–Crippen MR) is 189 cm³/mol. The van der Waals surface area contributed by atoms with E-state index in [1.54, 1.807) is 33.8 Å². The van der Waals surface area contributed by atoms with Crippen molar-refractivity contribution in [2.24, 2.45) is 0 Å². The summed E-state index contributed by atoms with van der Waals surface area (Å²) in [6.45, 7) is 6.96. The molecule has 0 aliphatic rings. The lowest BCUT2D eigenvalue weighted by Gasteiger charge is -2.28. The number of rotatable bonds is 19. The summed E-state index contributed by atoms with van der Waals surface area (Å²) in [5.74, 6) is -1.49. The summed E-state index contributed by atoms with van der Waals surface area (Å²) in [5.41, 5.74) is 1.91. The molecule has 4 rings (SSSR count). The smallest absolute Gasteiger partial charge is 0.339 e. The number of hydrogen-bond donors (Lipinski definition) is 1. The number of amides is 1. The molecular formula is C39H48N2O8. The number of ether oxygens (including phenoxy) is 4. The number of carbonyl (C=O) groups is 3. The van der Waals surface area contributed by atoms with Gasteiger partial charge in [0.1, 0.15) is 17.7 Å². The molecule has 1 heterocycles. The van der Waals surface area contributed by atoms with E-state index in [2.05, 4.69) is 40.6 Å². The first-order valence-electron chi connectivity index (χ1n) is 17.0. The highest BCUT2D eigenvalue weighted by molar-refractivity contribution is 5.89. The molecule has 10 nitrogen and oxygen atoms in total. The number of fused-ring (bicyclic) bond motifs is 2. The molecule has 0 saturated heterocycles. The molecule has 0 unspecified atom stereocenters. The van der Waals surface area contributed by atoms with Gasteiger partial charge in [-0.3, -0.25) is 4.79 Å². The van der Waals surface area contributed by atoms with Gasteiger partial charge >= 0.3 is 11.9 Å². The van der Waals surface area contributed by atoms with Crippen LogP contribution in [0.5, 0.6) is 0 Å². The van der Waals surface area contributed by atoms with E-state index in [0.29, 0.717) is 30.9 Å². The number of oxazole rings is 1. The Kier molecular flexibility index (Phi) is 14.3. The zero-order valence-corrected chi connectivity index (χ0v) is 28.9. The molecule has 2 atom stereocenters. The third-order valence-electron chi connectivity index (χ3n) is 7.50. The van der Waals surface area contributed by atoms with E-state index in [0.717, 1.165) is 31.2 Å². The third-order valence-corrected chi connectivity index (χ3v) is 7.50. The summed E-state index contributed by atoms with van der Waals surface area (Å²) in [7, 11) is 0. The fourth-order valence-corrected chi connectivity index (χ4v) is 5.19. The Morgan fingerprint density at radius 1 is 0.898 bits per heavy atom. The van der Waals surface area contributed by atoms with Crippen molar-refractivity contribution in [3.05, 3.63) is 84.3 Å². The minimum atomic E-state index is -1.48. The second-order valence-electron chi connectivity index (χ2n) is 12.7. The number of aryl methyl sites for hydroxylation is 1. The number of allylic oxidation sites excluding steroid dienone is 1. The van der Waals surface area contributed by atoms with Crippen LogP contribution in [0.25, 0.3) is 27.9 Å². The minimum Gasteiger partial charge on any atom is -0.464 e. The highest BCUT2D eigenvalue weighted by Gasteiger charge is 2.39. The van der Waals surface area contributed by atoms with Gasteiger partial charge in [0.2, 0.25) is 5.89 Å². The number of nitrogens with zero attached hydrogens (tertiary/aromatic N) is 1. The Bertz CT molecular complexity index is 1660. The summed E-state index contributed by atoms with van der Waals surface area (Å²) < 4.78 is 27.9. The molecule has 0 aliphatic carbocycles. The van der Waals surface area contributed by atoms with Gasteiger partial charge in [0.25, 0.3) is 5.91 Å². The van der Waals surface area contributed by atoms with Crippen molar-refractivity contribution in [3.8, 4) is 0 Å². The van der Waals surface area contributed by atoms with E-state index in [9.17, 15) is 14.4 Å². The van der Waals surface area contributed by atoms with Gasteiger partial charge in [0.15, 0.2) is 17.8 Å². The Morgan fingerprint density at radius 2 is 1.67 bits per heavy atom. The maximum atomic E-state index is 13.5. The highest BCUT2D eigenvalue weighted by atomic mass is 16.6. The highest BCUT2D eigenvalue weighted by Crippen LogP contribution is 2.19. The maximum absolute atomic E-state index is 13.5. The molecule has 1 aromatic heterocycles. The second-order valence-corrected chi connectivity index (χ2v) is 12.7. The van der Waals surface area contributed by atoms with Gasteiger partial charge in [-0.2, -0.15) is 0 Å². The first kappa shape index (κ1) is 37.3. The molecule has 0 spiro atoms. The number of nitrogens with one attached hydrogen (secondary N) is 1. The first-order chi connectivity index (χ1) is 23.6. The van der Waals surface area contributed by atoms with Crippen LogP contribution in [0.4, 0.5) is 0 Å². The number of unbranched alkanes of at least 4 members (excludes halogenated alkanes) is 3. The number of carbonyl (C=O) groups excluding carboxylic acids is 3. The molecule has 0 aliphatic heterocycles. The molecule has 262 valence electrons. The maximum Gasteiger partial charge on any atom is 0.339 e. The molecule has 0 bridgehead atoms. The van der Waals surface area contributed by atoms with Crippen LogP contribution >= 0.6 is 0 Å². The Morgan fingerprint density at radius 3 is 2.45 bits per heavy atom. The van der Waals surface area contributed by atoms with Crippen LogP contribution in [0.15, 0.2) is 77.2 Å². The topological polar surface area (TPSA) is 126 Å². The number of para-hydroxylation sites is 2. The summed E-state index contributed by atoms with van der Waals surface area (Å²) in [6, 6.07) is 22.3. The third kappa shape index (κ3) is 12.5. The van der Waals surface area contributed by atoms with Crippen molar-refractivity contribution in [2.75, 3.05) is 26.4 Å². The van der Waals surface area contributed by atoms with Crippen LogP contribution in [-0.4, -0.2) is 67.0 Å². The monoisotopic (exact) mass is 672 g/mol. The molecule has 3 aromatic carbocycles. The average Bonchev–Trinajstić information content (AvgIpc) is 3.49.